The van der Waals surface area contributed by atoms with Gasteiger partial charge in [-0.05, 0) is 13.3 Å². The van der Waals surface area contributed by atoms with E-state index in [0.717, 1.165) is 19.5 Å². The van der Waals surface area contributed by atoms with Crippen LogP contribution in [0.5, 0.6) is 0 Å². The van der Waals surface area contributed by atoms with Gasteiger partial charge in [0, 0.05) is 19.1 Å². The average molecular weight is 186 g/mol. The van der Waals surface area contributed by atoms with Crippen molar-refractivity contribution >= 4 is 5.97 Å². The zero-order valence-electron chi connectivity index (χ0n) is 8.26. The molecule has 0 aromatic rings. The molecule has 1 aliphatic rings. The van der Waals surface area contributed by atoms with Crippen LogP contribution in [0, 0.1) is 0 Å². The van der Waals surface area contributed by atoms with E-state index < -0.39 is 5.97 Å². The maximum absolute atomic E-state index is 10.6. The fraction of sp³-hybridized carbons (Fsp3) is 0.889. The topological polar surface area (TPSA) is 61.4 Å². The molecule has 0 aliphatic carbocycles. The number of rotatable bonds is 5. The summed E-state index contributed by atoms with van der Waals surface area (Å²) in [6, 6.07) is 0.390. The van der Waals surface area contributed by atoms with Crippen LogP contribution in [0.15, 0.2) is 0 Å². The van der Waals surface area contributed by atoms with E-state index in [-0.39, 0.29) is 12.0 Å². The molecule has 0 spiro atoms. The molecule has 1 saturated heterocycles. The van der Waals surface area contributed by atoms with Gasteiger partial charge in [0.05, 0.1) is 12.0 Å². The van der Waals surface area contributed by atoms with Crippen LogP contribution >= 0.6 is 0 Å². The molecule has 3 N–H and O–H groups in total. The Bertz CT molecular complexity index is 190. The maximum atomic E-state index is 10.6. The quantitative estimate of drug-likeness (QED) is 0.573. The summed E-state index contributed by atoms with van der Waals surface area (Å²) >= 11 is 0. The van der Waals surface area contributed by atoms with Gasteiger partial charge in [0.25, 0.3) is 0 Å². The van der Waals surface area contributed by atoms with Crippen molar-refractivity contribution in [3.8, 4) is 0 Å². The number of carboxylic acids is 1. The predicted octanol–water partition coefficient (Wildman–Crippen LogP) is 0.191. The number of carboxylic acid groups (broad SMARTS) is 1. The zero-order chi connectivity index (χ0) is 9.90. The molecule has 1 atom stereocenters. The lowest BCUT2D eigenvalue weighted by Gasteiger charge is -2.44. The second-order valence-corrected chi connectivity index (χ2v) is 3.91. The van der Waals surface area contributed by atoms with Crippen LogP contribution in [-0.2, 0) is 4.79 Å². The predicted molar refractivity (Wildman–Crippen MR) is 50.7 cm³/mol. The van der Waals surface area contributed by atoms with Crippen LogP contribution in [0.4, 0.5) is 0 Å². The first-order valence-corrected chi connectivity index (χ1v) is 4.78. The summed E-state index contributed by atoms with van der Waals surface area (Å²) in [5.74, 6) is -0.725. The van der Waals surface area contributed by atoms with Gasteiger partial charge >= 0.3 is 5.97 Å². The molecule has 1 aliphatic heterocycles. The van der Waals surface area contributed by atoms with E-state index in [2.05, 4.69) is 24.5 Å². The van der Waals surface area contributed by atoms with Crippen molar-refractivity contribution in [2.75, 3.05) is 13.1 Å². The van der Waals surface area contributed by atoms with E-state index in [1.807, 2.05) is 0 Å². The largest absolute Gasteiger partial charge is 0.481 e. The number of aliphatic carboxylic acids is 1. The van der Waals surface area contributed by atoms with Gasteiger partial charge < -0.3 is 15.7 Å². The van der Waals surface area contributed by atoms with Crippen LogP contribution in [0.25, 0.3) is 0 Å². The van der Waals surface area contributed by atoms with Crippen LogP contribution < -0.4 is 10.6 Å². The maximum Gasteiger partial charge on any atom is 0.305 e. The third-order valence-electron chi connectivity index (χ3n) is 2.58. The van der Waals surface area contributed by atoms with Crippen molar-refractivity contribution in [1.82, 2.24) is 10.6 Å². The molecule has 0 amide bonds. The van der Waals surface area contributed by atoms with E-state index in [0.29, 0.717) is 6.04 Å². The highest BCUT2D eigenvalue weighted by molar-refractivity contribution is 5.68. The second-order valence-electron chi connectivity index (χ2n) is 3.91. The van der Waals surface area contributed by atoms with Crippen LogP contribution in [0.2, 0.25) is 0 Å². The molecule has 4 nitrogen and oxygen atoms in total. The number of hydrogen-bond acceptors (Lipinski definition) is 3. The Kier molecular flexibility index (Phi) is 3.27. The smallest absolute Gasteiger partial charge is 0.305 e. The Morgan fingerprint density at radius 3 is 2.62 bits per heavy atom. The third-order valence-corrected chi connectivity index (χ3v) is 2.58. The summed E-state index contributed by atoms with van der Waals surface area (Å²) in [5.41, 5.74) is -0.193. The highest BCUT2D eigenvalue weighted by atomic mass is 16.4. The lowest BCUT2D eigenvalue weighted by Crippen LogP contribution is -2.70. The van der Waals surface area contributed by atoms with E-state index >= 15 is 0 Å². The zero-order valence-corrected chi connectivity index (χ0v) is 8.26. The van der Waals surface area contributed by atoms with Gasteiger partial charge in [0.2, 0.25) is 0 Å². The summed E-state index contributed by atoms with van der Waals surface area (Å²) in [5, 5.41) is 15.2. The molecular weight excluding hydrogens is 168 g/mol. The Morgan fingerprint density at radius 2 is 2.31 bits per heavy atom. The molecule has 1 unspecified atom stereocenters. The number of nitrogens with one attached hydrogen (secondary N) is 2. The minimum absolute atomic E-state index is 0.193. The summed E-state index contributed by atoms with van der Waals surface area (Å²) in [6.45, 7) is 5.72. The van der Waals surface area contributed by atoms with E-state index in [4.69, 9.17) is 5.11 Å². The lowest BCUT2D eigenvalue weighted by molar-refractivity contribution is -0.139. The molecule has 0 aromatic heterocycles. The number of carbonyl (C=O) groups is 1. The minimum atomic E-state index is -0.725. The van der Waals surface area contributed by atoms with Crippen LogP contribution in [0.3, 0.4) is 0 Å². The van der Waals surface area contributed by atoms with Crippen molar-refractivity contribution in [2.24, 2.45) is 0 Å². The lowest BCUT2D eigenvalue weighted by atomic mass is 9.87. The molecule has 0 saturated carbocycles. The Balaban J connectivity index is 2.44. The minimum Gasteiger partial charge on any atom is -0.481 e. The molecule has 0 radical (unpaired) electrons. The Labute approximate surface area is 78.7 Å². The Morgan fingerprint density at radius 1 is 1.69 bits per heavy atom. The van der Waals surface area contributed by atoms with Crippen LogP contribution in [-0.4, -0.2) is 35.7 Å². The molecule has 1 rings (SSSR count). The van der Waals surface area contributed by atoms with E-state index in [9.17, 15) is 4.79 Å². The van der Waals surface area contributed by atoms with Gasteiger partial charge in [0.15, 0.2) is 0 Å². The summed E-state index contributed by atoms with van der Waals surface area (Å²) < 4.78 is 0. The molecule has 1 heterocycles. The Hall–Kier alpha value is -0.610. The molecule has 0 bridgehead atoms. The van der Waals surface area contributed by atoms with Crippen LogP contribution in [0.1, 0.15) is 26.7 Å². The highest BCUT2D eigenvalue weighted by Gasteiger charge is 2.39. The molecule has 4 heteroatoms. The van der Waals surface area contributed by atoms with Crippen molar-refractivity contribution in [3.63, 3.8) is 0 Å². The van der Waals surface area contributed by atoms with E-state index in [1.54, 1.807) is 0 Å². The van der Waals surface area contributed by atoms with Crippen molar-refractivity contribution in [3.05, 3.63) is 0 Å². The van der Waals surface area contributed by atoms with Crippen molar-refractivity contribution in [1.29, 1.82) is 0 Å². The fourth-order valence-electron chi connectivity index (χ4n) is 1.62. The summed E-state index contributed by atoms with van der Waals surface area (Å²) in [4.78, 5) is 10.6. The molecular formula is C9H18N2O2. The second kappa shape index (κ2) is 4.07. The third kappa shape index (κ3) is 2.67. The summed E-state index contributed by atoms with van der Waals surface area (Å²) in [6.07, 6.45) is 1.24. The first-order chi connectivity index (χ1) is 6.08. The van der Waals surface area contributed by atoms with Gasteiger partial charge in [-0.15, -0.1) is 0 Å². The normalized spacial score (nSPS) is 22.0. The molecule has 1 fully saturated rings. The van der Waals surface area contributed by atoms with Gasteiger partial charge in [-0.2, -0.15) is 0 Å². The first-order valence-electron chi connectivity index (χ1n) is 4.78. The van der Waals surface area contributed by atoms with Gasteiger partial charge in [-0.1, -0.05) is 6.92 Å². The summed E-state index contributed by atoms with van der Waals surface area (Å²) in [7, 11) is 0. The molecule has 0 aromatic carbocycles. The average Bonchev–Trinajstić information content (AvgIpc) is 1.99. The van der Waals surface area contributed by atoms with Crippen molar-refractivity contribution in [2.45, 2.75) is 38.3 Å². The van der Waals surface area contributed by atoms with Gasteiger partial charge in [-0.25, -0.2) is 0 Å². The molecule has 76 valence electrons. The number of hydrogen-bond donors (Lipinski definition) is 3. The van der Waals surface area contributed by atoms with Gasteiger partial charge in [0.1, 0.15) is 0 Å². The fourth-order valence-corrected chi connectivity index (χ4v) is 1.62. The van der Waals surface area contributed by atoms with Crippen molar-refractivity contribution < 1.29 is 9.90 Å². The highest BCUT2D eigenvalue weighted by Crippen LogP contribution is 2.17. The molecule has 13 heavy (non-hydrogen) atoms. The SMILES string of the molecule is CCC(C)NC1(CC(=O)O)CNC1. The monoisotopic (exact) mass is 186 g/mol. The van der Waals surface area contributed by atoms with E-state index in [1.165, 1.54) is 0 Å². The first kappa shape index (κ1) is 10.5. The standard InChI is InChI=1S/C9H18N2O2/c1-3-7(2)11-9(4-8(12)13)5-10-6-9/h7,10-11H,3-6H2,1-2H3,(H,12,13). The van der Waals surface area contributed by atoms with Gasteiger partial charge in [-0.3, -0.25) is 4.79 Å².